The monoisotopic (exact) mass is 453 g/mol. The lowest BCUT2D eigenvalue weighted by Gasteiger charge is -2.31. The van der Waals surface area contributed by atoms with Crippen molar-refractivity contribution < 1.29 is 18.7 Å². The van der Waals surface area contributed by atoms with Crippen LogP contribution in [0.1, 0.15) is 53.3 Å². The van der Waals surface area contributed by atoms with Crippen molar-refractivity contribution in [3.05, 3.63) is 59.0 Å². The fourth-order valence-corrected chi connectivity index (χ4v) is 4.50. The van der Waals surface area contributed by atoms with Crippen LogP contribution in [0, 0.1) is 6.92 Å². The number of nitrogens with zero attached hydrogens (tertiary/aromatic N) is 2. The zero-order valence-corrected chi connectivity index (χ0v) is 19.3. The lowest BCUT2D eigenvalue weighted by atomic mass is 10.0. The maximum absolute atomic E-state index is 12.9. The van der Waals surface area contributed by atoms with E-state index in [0.29, 0.717) is 37.4 Å². The summed E-state index contributed by atoms with van der Waals surface area (Å²) >= 11 is 1.46. The van der Waals surface area contributed by atoms with Gasteiger partial charge in [-0.15, -0.1) is 11.3 Å². The molecule has 0 saturated carbocycles. The van der Waals surface area contributed by atoms with Crippen molar-refractivity contribution in [2.75, 3.05) is 13.1 Å². The first-order valence-corrected chi connectivity index (χ1v) is 11.7. The van der Waals surface area contributed by atoms with Crippen LogP contribution in [0.25, 0.3) is 10.6 Å². The van der Waals surface area contributed by atoms with Gasteiger partial charge >= 0.3 is 0 Å². The van der Waals surface area contributed by atoms with Crippen LogP contribution in [-0.2, 0) is 0 Å². The summed E-state index contributed by atoms with van der Waals surface area (Å²) in [5, 5.41) is 5.62. The van der Waals surface area contributed by atoms with E-state index in [1.54, 1.807) is 11.0 Å². The Kier molecular flexibility index (Phi) is 6.60. The molecule has 0 unspecified atom stereocenters. The molecular formula is C24H27N3O4S. The van der Waals surface area contributed by atoms with E-state index < -0.39 is 0 Å². The van der Waals surface area contributed by atoms with Gasteiger partial charge in [0.1, 0.15) is 16.5 Å². The van der Waals surface area contributed by atoms with Crippen LogP contribution in [0.4, 0.5) is 0 Å². The summed E-state index contributed by atoms with van der Waals surface area (Å²) in [6.07, 6.45) is 3.04. The van der Waals surface area contributed by atoms with Gasteiger partial charge in [-0.25, -0.2) is 4.98 Å². The Morgan fingerprint density at radius 2 is 1.91 bits per heavy atom. The molecule has 1 saturated heterocycles. The number of benzene rings is 1. The van der Waals surface area contributed by atoms with Gasteiger partial charge in [-0.05, 0) is 63.9 Å². The van der Waals surface area contributed by atoms with E-state index in [9.17, 15) is 9.59 Å². The van der Waals surface area contributed by atoms with Gasteiger partial charge in [0.2, 0.25) is 0 Å². The number of aromatic nitrogens is 1. The van der Waals surface area contributed by atoms with E-state index in [2.05, 4.69) is 10.3 Å². The Bertz CT molecular complexity index is 1080. The molecule has 1 aromatic carbocycles. The largest absolute Gasteiger partial charge is 0.491 e. The number of hydrogen-bond donors (Lipinski definition) is 1. The van der Waals surface area contributed by atoms with Gasteiger partial charge < -0.3 is 19.4 Å². The molecule has 168 valence electrons. The van der Waals surface area contributed by atoms with E-state index in [4.69, 9.17) is 9.15 Å². The summed E-state index contributed by atoms with van der Waals surface area (Å²) in [6, 6.07) is 9.54. The number of carbonyl (C=O) groups is 2. The number of amides is 2. The molecule has 8 heteroatoms. The maximum atomic E-state index is 12.9. The Morgan fingerprint density at radius 1 is 1.19 bits per heavy atom. The molecule has 0 bridgehead atoms. The van der Waals surface area contributed by atoms with Crippen molar-refractivity contribution in [3.63, 3.8) is 0 Å². The summed E-state index contributed by atoms with van der Waals surface area (Å²) in [7, 11) is 0. The van der Waals surface area contributed by atoms with Crippen molar-refractivity contribution in [1.29, 1.82) is 0 Å². The Morgan fingerprint density at radius 3 is 2.53 bits per heavy atom. The normalized spacial score (nSPS) is 14.6. The summed E-state index contributed by atoms with van der Waals surface area (Å²) in [5.41, 5.74) is 2.23. The number of likely N-dealkylation sites (tertiary alicyclic amines) is 1. The molecule has 3 aromatic rings. The Balaban J connectivity index is 1.32. The van der Waals surface area contributed by atoms with E-state index in [0.717, 1.165) is 21.9 Å². The average Bonchev–Trinajstić information content (AvgIpc) is 3.43. The molecule has 2 aromatic heterocycles. The predicted octanol–water partition coefficient (Wildman–Crippen LogP) is 4.53. The molecule has 1 fully saturated rings. The van der Waals surface area contributed by atoms with E-state index in [1.807, 2.05) is 50.4 Å². The Hall–Kier alpha value is -3.13. The third-order valence-electron chi connectivity index (χ3n) is 5.38. The van der Waals surface area contributed by atoms with Gasteiger partial charge in [0.25, 0.3) is 11.8 Å². The fraction of sp³-hybridized carbons (Fsp3) is 0.375. The molecule has 7 nitrogen and oxygen atoms in total. The summed E-state index contributed by atoms with van der Waals surface area (Å²) in [4.78, 5) is 31.6. The number of nitrogens with one attached hydrogen (secondary N) is 1. The highest BCUT2D eigenvalue weighted by Crippen LogP contribution is 2.27. The number of rotatable bonds is 6. The van der Waals surface area contributed by atoms with Crippen LogP contribution in [-0.4, -0.2) is 46.9 Å². The van der Waals surface area contributed by atoms with Crippen LogP contribution in [0.3, 0.4) is 0 Å². The topological polar surface area (TPSA) is 84.7 Å². The zero-order valence-electron chi connectivity index (χ0n) is 18.5. The van der Waals surface area contributed by atoms with Crippen LogP contribution in [0.5, 0.6) is 5.75 Å². The number of aryl methyl sites for hydroxylation is 1. The molecule has 1 aliphatic rings. The average molecular weight is 454 g/mol. The molecule has 32 heavy (non-hydrogen) atoms. The van der Waals surface area contributed by atoms with Gasteiger partial charge in [0.05, 0.1) is 12.4 Å². The van der Waals surface area contributed by atoms with E-state index in [-0.39, 0.29) is 24.0 Å². The Labute approximate surface area is 191 Å². The second-order valence-corrected chi connectivity index (χ2v) is 9.06. The summed E-state index contributed by atoms with van der Waals surface area (Å²) in [6.45, 7) is 6.98. The van der Waals surface area contributed by atoms with Gasteiger partial charge in [0, 0.05) is 35.6 Å². The number of furan rings is 1. The molecule has 1 aliphatic heterocycles. The van der Waals surface area contributed by atoms with Crippen LogP contribution in [0.2, 0.25) is 0 Å². The minimum absolute atomic E-state index is 0.0219. The predicted molar refractivity (Wildman–Crippen MR) is 123 cm³/mol. The van der Waals surface area contributed by atoms with Gasteiger partial charge in [-0.3, -0.25) is 9.59 Å². The zero-order chi connectivity index (χ0) is 22.7. The second kappa shape index (κ2) is 9.56. The first-order chi connectivity index (χ1) is 15.4. The van der Waals surface area contributed by atoms with Crippen molar-refractivity contribution >= 4 is 23.2 Å². The van der Waals surface area contributed by atoms with Gasteiger partial charge in [0.15, 0.2) is 5.76 Å². The molecule has 3 heterocycles. The van der Waals surface area contributed by atoms with Crippen molar-refractivity contribution in [2.24, 2.45) is 0 Å². The van der Waals surface area contributed by atoms with Crippen molar-refractivity contribution in [1.82, 2.24) is 15.2 Å². The lowest BCUT2D eigenvalue weighted by Crippen LogP contribution is -2.46. The lowest BCUT2D eigenvalue weighted by molar-refractivity contribution is 0.0691. The molecule has 4 rings (SSSR count). The number of thiazole rings is 1. The van der Waals surface area contributed by atoms with Crippen molar-refractivity contribution in [3.8, 4) is 16.3 Å². The van der Waals surface area contributed by atoms with Crippen molar-refractivity contribution in [2.45, 2.75) is 45.8 Å². The molecule has 0 atom stereocenters. The highest BCUT2D eigenvalue weighted by Gasteiger charge is 2.27. The molecule has 0 spiro atoms. The molecule has 0 aliphatic carbocycles. The first kappa shape index (κ1) is 22.1. The molecule has 0 radical (unpaired) electrons. The molecule has 1 N–H and O–H groups in total. The highest BCUT2D eigenvalue weighted by molar-refractivity contribution is 7.13. The fourth-order valence-electron chi connectivity index (χ4n) is 3.70. The third kappa shape index (κ3) is 5.02. The number of ether oxygens (including phenoxy) is 1. The number of hydrogen-bond acceptors (Lipinski definition) is 6. The third-order valence-corrected chi connectivity index (χ3v) is 6.27. The summed E-state index contributed by atoms with van der Waals surface area (Å²) < 4.78 is 10.9. The number of carbonyl (C=O) groups excluding carboxylic acids is 2. The molecule has 2 amide bonds. The van der Waals surface area contributed by atoms with E-state index in [1.165, 1.54) is 17.6 Å². The first-order valence-electron chi connectivity index (χ1n) is 10.8. The SMILES string of the molecule is Cc1ccoc1C(=O)NC1CCN(C(=O)c2csc(-c3ccc(OC(C)C)cc3)n2)CC1. The highest BCUT2D eigenvalue weighted by atomic mass is 32.1. The number of piperidine rings is 1. The quantitative estimate of drug-likeness (QED) is 0.593. The van der Waals surface area contributed by atoms with Crippen LogP contribution < -0.4 is 10.1 Å². The van der Waals surface area contributed by atoms with E-state index >= 15 is 0 Å². The van der Waals surface area contributed by atoms with Crippen LogP contribution in [0.15, 0.2) is 46.4 Å². The van der Waals surface area contributed by atoms with Gasteiger partial charge in [-0.2, -0.15) is 0 Å². The standard InChI is InChI=1S/C24H27N3O4S/c1-15(2)31-19-6-4-17(5-7-19)23-26-20(14-32-23)24(29)27-11-8-18(9-12-27)25-22(28)21-16(3)10-13-30-21/h4-7,10,13-15,18H,8-9,11-12H2,1-3H3,(H,25,28). The second-order valence-electron chi connectivity index (χ2n) is 8.20. The molecular weight excluding hydrogens is 426 g/mol. The minimum atomic E-state index is -0.203. The van der Waals surface area contributed by atoms with Crippen LogP contribution >= 0.6 is 11.3 Å². The summed E-state index contributed by atoms with van der Waals surface area (Å²) in [5.74, 6) is 0.890. The smallest absolute Gasteiger partial charge is 0.287 e. The maximum Gasteiger partial charge on any atom is 0.287 e. The van der Waals surface area contributed by atoms with Gasteiger partial charge in [-0.1, -0.05) is 0 Å². The minimum Gasteiger partial charge on any atom is -0.491 e.